The van der Waals surface area contributed by atoms with Crippen LogP contribution in [0, 0.1) is 16.7 Å². The molecule has 2 aliphatic rings. The van der Waals surface area contributed by atoms with Crippen LogP contribution in [0.3, 0.4) is 0 Å². The maximum Gasteiger partial charge on any atom is 0.241 e. The summed E-state index contributed by atoms with van der Waals surface area (Å²) >= 11 is 0. The van der Waals surface area contributed by atoms with Crippen molar-refractivity contribution in [1.82, 2.24) is 5.32 Å². The van der Waals surface area contributed by atoms with Crippen LogP contribution >= 0.6 is 0 Å². The van der Waals surface area contributed by atoms with Crippen molar-refractivity contribution in [2.75, 3.05) is 14.2 Å². The highest BCUT2D eigenvalue weighted by Gasteiger charge is 2.51. The van der Waals surface area contributed by atoms with Crippen LogP contribution in [0.25, 0.3) is 0 Å². The Morgan fingerprint density at radius 3 is 2.45 bits per heavy atom. The molecule has 29 heavy (non-hydrogen) atoms. The number of piperidine rings is 1. The quantitative estimate of drug-likeness (QED) is 0.860. The fraction of sp³-hybridized carbons (Fsp3) is 0.417. The lowest BCUT2D eigenvalue weighted by molar-refractivity contribution is -0.134. The summed E-state index contributed by atoms with van der Waals surface area (Å²) in [7, 11) is 3.26. The number of carbonyl (C=O) groups is 1. The van der Waals surface area contributed by atoms with E-state index in [2.05, 4.69) is 11.4 Å². The van der Waals surface area contributed by atoms with Crippen molar-refractivity contribution in [2.45, 2.75) is 44.1 Å². The van der Waals surface area contributed by atoms with Crippen LogP contribution in [-0.2, 0) is 23.2 Å². The molecule has 5 nitrogen and oxygen atoms in total. The monoisotopic (exact) mass is 390 g/mol. The highest BCUT2D eigenvalue weighted by atomic mass is 16.5. The number of fused-ring (bicyclic) bond motifs is 2. The van der Waals surface area contributed by atoms with E-state index in [4.69, 9.17) is 9.47 Å². The first kappa shape index (κ1) is 19.3. The van der Waals surface area contributed by atoms with Crippen LogP contribution < -0.4 is 14.8 Å². The lowest BCUT2D eigenvalue weighted by Gasteiger charge is -2.47. The van der Waals surface area contributed by atoms with Gasteiger partial charge in [-0.1, -0.05) is 30.3 Å². The summed E-state index contributed by atoms with van der Waals surface area (Å²) in [5.74, 6) is 1.21. The van der Waals surface area contributed by atoms with Gasteiger partial charge in [-0.3, -0.25) is 4.79 Å². The summed E-state index contributed by atoms with van der Waals surface area (Å²) in [6, 6.07) is 16.2. The number of nitriles is 1. The fourth-order valence-corrected chi connectivity index (χ4v) is 4.88. The molecule has 5 heteroatoms. The second-order valence-corrected chi connectivity index (χ2v) is 8.11. The van der Waals surface area contributed by atoms with Gasteiger partial charge in [0.25, 0.3) is 0 Å². The van der Waals surface area contributed by atoms with E-state index in [0.29, 0.717) is 24.3 Å². The van der Waals surface area contributed by atoms with Gasteiger partial charge in [0.2, 0.25) is 5.91 Å². The number of nitrogens with zero attached hydrogens (tertiary/aromatic N) is 1. The van der Waals surface area contributed by atoms with Crippen LogP contribution in [0.2, 0.25) is 0 Å². The maximum atomic E-state index is 13.3. The van der Waals surface area contributed by atoms with Crippen molar-refractivity contribution in [3.8, 4) is 17.6 Å². The molecular formula is C24H26N2O3. The Balaban J connectivity index is 1.68. The average molecular weight is 390 g/mol. The molecule has 1 N–H and O–H groups in total. The van der Waals surface area contributed by atoms with Crippen molar-refractivity contribution in [3.63, 3.8) is 0 Å². The molecule has 150 valence electrons. The zero-order chi connectivity index (χ0) is 20.5. The Morgan fingerprint density at radius 2 is 1.79 bits per heavy atom. The molecule has 1 spiro atoms. The normalized spacial score (nSPS) is 25.6. The predicted octanol–water partition coefficient (Wildman–Crippen LogP) is 3.90. The van der Waals surface area contributed by atoms with Gasteiger partial charge < -0.3 is 14.8 Å². The third kappa shape index (κ3) is 3.23. The summed E-state index contributed by atoms with van der Waals surface area (Å²) in [4.78, 5) is 13.3. The number of hydrogen-bond acceptors (Lipinski definition) is 4. The van der Waals surface area contributed by atoms with Gasteiger partial charge >= 0.3 is 0 Å². The molecule has 0 bridgehead atoms. The average Bonchev–Trinajstić information content (AvgIpc) is 2.76. The van der Waals surface area contributed by atoms with Crippen molar-refractivity contribution in [3.05, 3.63) is 59.2 Å². The minimum atomic E-state index is -1.03. The van der Waals surface area contributed by atoms with E-state index in [-0.39, 0.29) is 5.91 Å². The molecule has 1 heterocycles. The zero-order valence-corrected chi connectivity index (χ0v) is 17.0. The highest BCUT2D eigenvalue weighted by molar-refractivity contribution is 5.87. The number of ether oxygens (including phenoxy) is 2. The highest BCUT2D eigenvalue weighted by Crippen LogP contribution is 2.48. The molecular weight excluding hydrogens is 364 g/mol. The van der Waals surface area contributed by atoms with E-state index in [1.54, 1.807) is 14.2 Å². The number of methoxy groups -OCH3 is 2. The molecule has 4 rings (SSSR count). The summed E-state index contributed by atoms with van der Waals surface area (Å²) in [6.45, 7) is 0. The third-order valence-electron chi connectivity index (χ3n) is 6.50. The number of rotatable bonds is 4. The van der Waals surface area contributed by atoms with Crippen molar-refractivity contribution < 1.29 is 14.3 Å². The Labute approximate surface area is 171 Å². The zero-order valence-electron chi connectivity index (χ0n) is 17.0. The minimum Gasteiger partial charge on any atom is -0.493 e. The lowest BCUT2D eigenvalue weighted by atomic mass is 9.65. The first-order valence-electron chi connectivity index (χ1n) is 10.1. The van der Waals surface area contributed by atoms with Crippen LogP contribution in [0.5, 0.6) is 11.5 Å². The number of amides is 1. The van der Waals surface area contributed by atoms with Crippen LogP contribution in [-0.4, -0.2) is 20.1 Å². The molecule has 2 atom stereocenters. The van der Waals surface area contributed by atoms with Crippen molar-refractivity contribution in [2.24, 2.45) is 5.41 Å². The molecule has 2 aromatic rings. The number of nitrogens with one attached hydrogen (secondary N) is 1. The first-order chi connectivity index (χ1) is 14.1. The maximum absolute atomic E-state index is 13.3. The van der Waals surface area contributed by atoms with Crippen LogP contribution in [0.4, 0.5) is 0 Å². The van der Waals surface area contributed by atoms with Gasteiger partial charge in [-0.15, -0.1) is 0 Å². The smallest absolute Gasteiger partial charge is 0.241 e. The predicted molar refractivity (Wildman–Crippen MR) is 110 cm³/mol. The molecule has 0 radical (unpaired) electrons. The van der Waals surface area contributed by atoms with Gasteiger partial charge in [0.1, 0.15) is 5.41 Å². The minimum absolute atomic E-state index is 0.169. The summed E-state index contributed by atoms with van der Waals surface area (Å²) in [5.41, 5.74) is 1.82. The van der Waals surface area contributed by atoms with E-state index in [1.807, 2.05) is 42.5 Å². The summed E-state index contributed by atoms with van der Waals surface area (Å²) < 4.78 is 11.0. The molecule has 1 fully saturated rings. The molecule has 1 amide bonds. The van der Waals surface area contributed by atoms with E-state index in [1.165, 1.54) is 5.56 Å². The molecule has 0 aromatic heterocycles. The van der Waals surface area contributed by atoms with E-state index < -0.39 is 11.0 Å². The van der Waals surface area contributed by atoms with Gasteiger partial charge in [-0.05, 0) is 67.3 Å². The van der Waals surface area contributed by atoms with E-state index >= 15 is 0 Å². The van der Waals surface area contributed by atoms with Crippen LogP contribution in [0.15, 0.2) is 42.5 Å². The number of hydrogen-bond donors (Lipinski definition) is 1. The molecule has 2 unspecified atom stereocenters. The molecule has 2 aromatic carbocycles. The number of benzene rings is 2. The van der Waals surface area contributed by atoms with Gasteiger partial charge in [0, 0.05) is 0 Å². The Bertz CT molecular complexity index is 966. The number of aryl methyl sites for hydroxylation is 1. The first-order valence-corrected chi connectivity index (χ1v) is 10.1. The fourth-order valence-electron chi connectivity index (χ4n) is 4.88. The summed E-state index contributed by atoms with van der Waals surface area (Å²) in [5, 5.41) is 13.2. The molecule has 1 aliphatic carbocycles. The third-order valence-corrected chi connectivity index (χ3v) is 6.50. The Hall–Kier alpha value is -3.00. The van der Waals surface area contributed by atoms with E-state index in [0.717, 1.165) is 36.8 Å². The molecule has 0 saturated carbocycles. The largest absolute Gasteiger partial charge is 0.493 e. The lowest BCUT2D eigenvalue weighted by Crippen LogP contribution is -2.58. The van der Waals surface area contributed by atoms with E-state index in [9.17, 15) is 10.1 Å². The second-order valence-electron chi connectivity index (χ2n) is 8.11. The summed E-state index contributed by atoms with van der Waals surface area (Å²) in [6.07, 6.45) is 4.51. The molecule has 1 aliphatic heterocycles. The van der Waals surface area contributed by atoms with Gasteiger partial charge in [-0.25, -0.2) is 0 Å². The van der Waals surface area contributed by atoms with Gasteiger partial charge in [0.15, 0.2) is 11.5 Å². The SMILES string of the molecule is COc1cc2c(cc1OC)C1(CCC2)CCC(C#N)(Cc2ccccc2)C(=O)N1. The van der Waals surface area contributed by atoms with Gasteiger partial charge in [-0.2, -0.15) is 5.26 Å². The second kappa shape index (κ2) is 7.44. The number of carbonyl (C=O) groups excluding carboxylic acids is 1. The Morgan fingerprint density at radius 1 is 1.07 bits per heavy atom. The topological polar surface area (TPSA) is 71.3 Å². The van der Waals surface area contributed by atoms with Gasteiger partial charge in [0.05, 0.1) is 25.8 Å². The van der Waals surface area contributed by atoms with Crippen LogP contribution in [0.1, 0.15) is 42.4 Å². The molecule has 1 saturated heterocycles. The van der Waals surface area contributed by atoms with Crippen molar-refractivity contribution in [1.29, 1.82) is 5.26 Å². The van der Waals surface area contributed by atoms with Crippen molar-refractivity contribution >= 4 is 5.91 Å². The Kier molecular flexibility index (Phi) is 4.96. The standard InChI is InChI=1S/C24H26N2O3/c1-28-20-13-18-9-6-10-24(19(18)14-21(20)29-2)12-11-23(16-25,22(27)26-24)15-17-7-4-3-5-8-17/h3-5,7-8,13-14H,6,9-12,15H2,1-2H3,(H,26,27).